The average Bonchev–Trinajstić information content (AvgIpc) is 3.07. The fraction of sp³-hybridized carbons (Fsp3) is 0.235. The van der Waals surface area contributed by atoms with Crippen molar-refractivity contribution in [2.24, 2.45) is 5.10 Å². The van der Waals surface area contributed by atoms with E-state index in [0.29, 0.717) is 29.4 Å². The normalized spacial score (nSPS) is 10.8. The Morgan fingerprint density at radius 3 is 2.64 bits per heavy atom. The van der Waals surface area contributed by atoms with Crippen molar-refractivity contribution >= 4 is 29.6 Å². The quantitative estimate of drug-likeness (QED) is 0.290. The molecular weight excluding hydrogens is 346 g/mol. The van der Waals surface area contributed by atoms with Crippen molar-refractivity contribution in [1.82, 2.24) is 10.9 Å². The van der Waals surface area contributed by atoms with Crippen LogP contribution < -0.4 is 10.9 Å². The topological polar surface area (TPSA) is 104 Å². The predicted molar refractivity (Wildman–Crippen MR) is 93.3 cm³/mol. The summed E-state index contributed by atoms with van der Waals surface area (Å²) in [5, 5.41) is 12.8. The van der Waals surface area contributed by atoms with Crippen LogP contribution in [0.4, 0.5) is 0 Å². The highest BCUT2D eigenvalue weighted by atomic mass is 35.5. The molecule has 0 fully saturated rings. The summed E-state index contributed by atoms with van der Waals surface area (Å²) in [4.78, 5) is 22.4. The largest absolute Gasteiger partial charge is 0.455 e. The zero-order valence-corrected chi connectivity index (χ0v) is 14.1. The van der Waals surface area contributed by atoms with Crippen LogP contribution in [0, 0.1) is 0 Å². The molecule has 1 aromatic carbocycles. The molecule has 2 rings (SSSR count). The zero-order valence-electron chi connectivity index (χ0n) is 13.4. The average molecular weight is 364 g/mol. The van der Waals surface area contributed by atoms with Crippen LogP contribution in [0.3, 0.4) is 0 Å². The van der Waals surface area contributed by atoms with E-state index in [4.69, 9.17) is 21.2 Å². The van der Waals surface area contributed by atoms with Gasteiger partial charge >= 0.3 is 0 Å². The maximum atomic E-state index is 11.6. The predicted octanol–water partition coefficient (Wildman–Crippen LogP) is 3.12. The molecule has 132 valence electrons. The molecule has 1 heterocycles. The Morgan fingerprint density at radius 1 is 1.16 bits per heavy atom. The summed E-state index contributed by atoms with van der Waals surface area (Å²) in [6, 6.07) is 10.8. The molecule has 1 aromatic heterocycles. The number of furan rings is 1. The number of carbonyl (C=O) groups is 2. The van der Waals surface area contributed by atoms with Crippen molar-refractivity contribution in [3.8, 4) is 11.3 Å². The van der Waals surface area contributed by atoms with Crippen LogP contribution in [0.25, 0.3) is 11.3 Å². The molecule has 0 saturated carbocycles. The number of unbranched alkanes of at least 4 members (excludes halogenated alkanes) is 1. The fourth-order valence-corrected chi connectivity index (χ4v) is 2.26. The number of nitrogens with zero attached hydrogens (tertiary/aromatic N) is 1. The van der Waals surface area contributed by atoms with Gasteiger partial charge in [0.05, 0.1) is 6.21 Å². The zero-order chi connectivity index (χ0) is 18.1. The molecule has 0 saturated heterocycles. The molecule has 25 heavy (non-hydrogen) atoms. The molecule has 0 bridgehead atoms. The van der Waals surface area contributed by atoms with Gasteiger partial charge in [-0.25, -0.2) is 10.9 Å². The van der Waals surface area contributed by atoms with Gasteiger partial charge in [0.25, 0.3) is 0 Å². The van der Waals surface area contributed by atoms with Crippen molar-refractivity contribution in [3.05, 3.63) is 47.2 Å². The van der Waals surface area contributed by atoms with E-state index in [2.05, 4.69) is 10.5 Å². The second-order valence-corrected chi connectivity index (χ2v) is 5.68. The summed E-state index contributed by atoms with van der Waals surface area (Å²) in [6.07, 6.45) is 2.85. The fourth-order valence-electron chi connectivity index (χ4n) is 2.07. The highest BCUT2D eigenvalue weighted by molar-refractivity contribution is 6.30. The number of halogens is 1. The van der Waals surface area contributed by atoms with Crippen molar-refractivity contribution in [2.45, 2.75) is 25.7 Å². The lowest BCUT2D eigenvalue weighted by molar-refractivity contribution is -0.129. The molecule has 3 N–H and O–H groups in total. The summed E-state index contributed by atoms with van der Waals surface area (Å²) < 4.78 is 5.62. The maximum absolute atomic E-state index is 11.6. The van der Waals surface area contributed by atoms with Gasteiger partial charge in [0.1, 0.15) is 11.5 Å². The molecule has 0 atom stereocenters. The van der Waals surface area contributed by atoms with Gasteiger partial charge in [-0.3, -0.25) is 14.8 Å². The van der Waals surface area contributed by atoms with Crippen molar-refractivity contribution in [1.29, 1.82) is 0 Å². The van der Waals surface area contributed by atoms with E-state index >= 15 is 0 Å². The van der Waals surface area contributed by atoms with Gasteiger partial charge in [-0.1, -0.05) is 23.7 Å². The first kappa shape index (κ1) is 18.7. The van der Waals surface area contributed by atoms with Gasteiger partial charge in [0, 0.05) is 23.4 Å². The highest BCUT2D eigenvalue weighted by Gasteiger charge is 2.05. The minimum absolute atomic E-state index is 0.172. The first-order chi connectivity index (χ1) is 12.1. The smallest absolute Gasteiger partial charge is 0.243 e. The van der Waals surface area contributed by atoms with E-state index in [9.17, 15) is 9.59 Å². The Hall–Kier alpha value is -2.64. The molecular formula is C17H18ClN3O4. The minimum Gasteiger partial charge on any atom is -0.455 e. The molecule has 0 radical (unpaired) electrons. The number of benzene rings is 1. The summed E-state index contributed by atoms with van der Waals surface area (Å²) in [5.74, 6) is 0.418. The Bertz CT molecular complexity index is 758. The monoisotopic (exact) mass is 363 g/mol. The van der Waals surface area contributed by atoms with Gasteiger partial charge in [0.15, 0.2) is 0 Å². The molecule has 8 heteroatoms. The van der Waals surface area contributed by atoms with Crippen molar-refractivity contribution in [2.75, 3.05) is 0 Å². The number of hydrogen-bond acceptors (Lipinski definition) is 5. The van der Waals surface area contributed by atoms with Crippen LogP contribution in [-0.2, 0) is 9.59 Å². The molecule has 0 aliphatic heterocycles. The first-order valence-electron chi connectivity index (χ1n) is 7.69. The Labute approximate surface area is 149 Å². The van der Waals surface area contributed by atoms with E-state index in [1.165, 1.54) is 6.21 Å². The third kappa shape index (κ3) is 6.40. The maximum Gasteiger partial charge on any atom is 0.243 e. The Morgan fingerprint density at radius 2 is 1.92 bits per heavy atom. The molecule has 0 aliphatic carbocycles. The number of amides is 2. The Balaban J connectivity index is 1.77. The van der Waals surface area contributed by atoms with Gasteiger partial charge in [0.2, 0.25) is 11.8 Å². The van der Waals surface area contributed by atoms with E-state index in [0.717, 1.165) is 5.56 Å². The van der Waals surface area contributed by atoms with Gasteiger partial charge in [-0.05, 0) is 37.1 Å². The molecule has 0 spiro atoms. The number of hydrazone groups is 1. The first-order valence-corrected chi connectivity index (χ1v) is 8.07. The van der Waals surface area contributed by atoms with Crippen molar-refractivity contribution in [3.63, 3.8) is 0 Å². The molecule has 7 nitrogen and oxygen atoms in total. The van der Waals surface area contributed by atoms with E-state index in [1.807, 2.05) is 12.1 Å². The van der Waals surface area contributed by atoms with Gasteiger partial charge in [-0.2, -0.15) is 5.10 Å². The third-order valence-electron chi connectivity index (χ3n) is 3.30. The lowest BCUT2D eigenvalue weighted by atomic mass is 10.2. The van der Waals surface area contributed by atoms with E-state index < -0.39 is 5.91 Å². The summed E-state index contributed by atoms with van der Waals surface area (Å²) in [5.41, 5.74) is 4.78. The number of hydrogen-bond donors (Lipinski definition) is 3. The number of carbonyl (C=O) groups excluding carboxylic acids is 2. The van der Waals surface area contributed by atoms with Crippen LogP contribution in [0.15, 0.2) is 45.9 Å². The molecule has 0 aliphatic rings. The number of nitrogens with one attached hydrogen (secondary N) is 2. The molecule has 2 amide bonds. The number of rotatable bonds is 8. The van der Waals surface area contributed by atoms with Gasteiger partial charge in [-0.15, -0.1) is 0 Å². The standard InChI is InChI=1S/C17H18ClN3O4/c18-13-5-3-4-12(10-13)15-9-8-14(25-15)11-19-20-16(22)6-1-2-7-17(23)21-24/h3-5,8-11,24H,1-2,6-7H2,(H,20,22)(H,21,23)/b19-11+. The van der Waals surface area contributed by atoms with Crippen molar-refractivity contribution < 1.29 is 19.2 Å². The van der Waals surface area contributed by atoms with E-state index in [-0.39, 0.29) is 18.7 Å². The van der Waals surface area contributed by atoms with Crippen LogP contribution >= 0.6 is 11.6 Å². The van der Waals surface area contributed by atoms with Crippen LogP contribution in [0.1, 0.15) is 31.4 Å². The highest BCUT2D eigenvalue weighted by Crippen LogP contribution is 2.24. The van der Waals surface area contributed by atoms with Gasteiger partial charge < -0.3 is 4.42 Å². The molecule has 0 unspecified atom stereocenters. The van der Waals surface area contributed by atoms with E-state index in [1.54, 1.807) is 29.7 Å². The Kier molecular flexibility index (Phi) is 7.18. The summed E-state index contributed by atoms with van der Waals surface area (Å²) >= 11 is 5.95. The second-order valence-electron chi connectivity index (χ2n) is 5.25. The summed E-state index contributed by atoms with van der Waals surface area (Å²) in [7, 11) is 0. The SMILES string of the molecule is O=C(CCCCC(=O)N/N=C/c1ccc(-c2cccc(Cl)c2)o1)NO. The summed E-state index contributed by atoms with van der Waals surface area (Å²) in [6.45, 7) is 0. The number of hydroxylamine groups is 1. The lowest BCUT2D eigenvalue weighted by Gasteiger charge is -2.00. The van der Waals surface area contributed by atoms with Crippen LogP contribution in [0.5, 0.6) is 0 Å². The lowest BCUT2D eigenvalue weighted by Crippen LogP contribution is -2.19. The van der Waals surface area contributed by atoms with Crippen LogP contribution in [-0.4, -0.2) is 23.2 Å². The van der Waals surface area contributed by atoms with Crippen LogP contribution in [0.2, 0.25) is 5.02 Å². The third-order valence-corrected chi connectivity index (χ3v) is 3.53. The second kappa shape index (κ2) is 9.61. The minimum atomic E-state index is -0.466. The molecule has 2 aromatic rings.